The Morgan fingerprint density at radius 1 is 1.17 bits per heavy atom. The smallest absolute Gasteiger partial charge is 0.460 e. The van der Waals surface area contributed by atoms with E-state index < -0.39 is 33.8 Å². The van der Waals surface area contributed by atoms with Crippen molar-refractivity contribution < 1.29 is 35.3 Å². The molecule has 0 saturated heterocycles. The molecule has 4 unspecified atom stereocenters. The van der Waals surface area contributed by atoms with Gasteiger partial charge in [0.2, 0.25) is 0 Å². The molecule has 2 rings (SSSR count). The van der Waals surface area contributed by atoms with Crippen molar-refractivity contribution in [2.24, 2.45) is 17.8 Å². The zero-order chi connectivity index (χ0) is 22.5. The third kappa shape index (κ3) is 6.70. The van der Waals surface area contributed by atoms with Crippen molar-refractivity contribution in [3.8, 4) is 0 Å². The van der Waals surface area contributed by atoms with Gasteiger partial charge in [-0.25, -0.2) is 8.98 Å². The average molecular weight is 451 g/mol. The predicted octanol–water partition coefficient (Wildman–Crippen LogP) is 4.86. The van der Waals surface area contributed by atoms with Crippen molar-refractivity contribution in [2.45, 2.75) is 70.6 Å². The lowest BCUT2D eigenvalue weighted by Crippen LogP contribution is -2.41. The largest absolute Gasteiger partial charge is 0.523 e. The van der Waals surface area contributed by atoms with Crippen LogP contribution in [0.5, 0.6) is 0 Å². The second kappa shape index (κ2) is 10.1. The van der Waals surface area contributed by atoms with Crippen LogP contribution in [0.15, 0.2) is 30.3 Å². The van der Waals surface area contributed by atoms with Crippen molar-refractivity contribution >= 4 is 16.1 Å². The van der Waals surface area contributed by atoms with Gasteiger partial charge < -0.3 is 4.74 Å². The summed E-state index contributed by atoms with van der Waals surface area (Å²) in [5, 5.41) is 0. The summed E-state index contributed by atoms with van der Waals surface area (Å²) in [4.78, 5) is 12.7. The van der Waals surface area contributed by atoms with Gasteiger partial charge in [0.1, 0.15) is 6.10 Å². The molecule has 5 nitrogen and oxygen atoms in total. The molecule has 0 spiro atoms. The van der Waals surface area contributed by atoms with Crippen LogP contribution in [0.1, 0.15) is 52.0 Å². The summed E-state index contributed by atoms with van der Waals surface area (Å²) < 4.78 is 71.5. The summed E-state index contributed by atoms with van der Waals surface area (Å²) in [6.07, 6.45) is 0.00147. The minimum atomic E-state index is -5.93. The molecule has 4 atom stereocenters. The molecule has 0 N–H and O–H groups in total. The Kier molecular flexibility index (Phi) is 8.33. The van der Waals surface area contributed by atoms with E-state index >= 15 is 0 Å². The highest BCUT2D eigenvalue weighted by Crippen LogP contribution is 2.36. The van der Waals surface area contributed by atoms with E-state index in [1.54, 1.807) is 30.3 Å². The van der Waals surface area contributed by atoms with Crippen LogP contribution >= 0.6 is 0 Å². The van der Waals surface area contributed by atoms with Gasteiger partial charge in [0, 0.05) is 0 Å². The Hall–Kier alpha value is -1.61. The summed E-state index contributed by atoms with van der Waals surface area (Å²) in [6, 6.07) is 8.73. The first-order valence-corrected chi connectivity index (χ1v) is 11.6. The number of halogens is 3. The van der Waals surface area contributed by atoms with Crippen LogP contribution in [-0.4, -0.2) is 32.1 Å². The number of carbonyl (C=O) groups excluding carboxylic acids is 1. The van der Waals surface area contributed by atoms with E-state index in [0.717, 1.165) is 18.4 Å². The van der Waals surface area contributed by atoms with E-state index in [9.17, 15) is 26.4 Å². The summed E-state index contributed by atoms with van der Waals surface area (Å²) in [6.45, 7) is 6.02. The summed E-state index contributed by atoms with van der Waals surface area (Å²) in [7, 11) is -5.93. The molecule has 0 radical (unpaired) electrons. The number of rotatable bonds is 8. The minimum Gasteiger partial charge on any atom is -0.460 e. The zero-order valence-corrected chi connectivity index (χ0v) is 18.2. The predicted molar refractivity (Wildman–Crippen MR) is 106 cm³/mol. The van der Waals surface area contributed by atoms with Crippen LogP contribution in [0.3, 0.4) is 0 Å². The van der Waals surface area contributed by atoms with Crippen LogP contribution in [-0.2, 0) is 30.3 Å². The van der Waals surface area contributed by atoms with Crippen molar-refractivity contribution in [3.63, 3.8) is 0 Å². The highest BCUT2D eigenvalue weighted by molar-refractivity contribution is 7.87. The van der Waals surface area contributed by atoms with Crippen LogP contribution in [0.25, 0.3) is 0 Å². The van der Waals surface area contributed by atoms with Gasteiger partial charge in [0.15, 0.2) is 6.10 Å². The molecule has 1 saturated carbocycles. The second-order valence-corrected chi connectivity index (χ2v) is 9.87. The number of hydrogen-bond donors (Lipinski definition) is 0. The molecule has 0 amide bonds. The molecule has 0 aromatic heterocycles. The van der Waals surface area contributed by atoms with Crippen molar-refractivity contribution in [1.82, 2.24) is 0 Å². The van der Waals surface area contributed by atoms with Crippen LogP contribution in [0, 0.1) is 17.8 Å². The second-order valence-electron chi connectivity index (χ2n) is 8.31. The fourth-order valence-corrected chi connectivity index (χ4v) is 4.42. The minimum absolute atomic E-state index is 0.0687. The molecular weight excluding hydrogens is 421 g/mol. The van der Waals surface area contributed by atoms with E-state index in [2.05, 4.69) is 4.18 Å². The summed E-state index contributed by atoms with van der Waals surface area (Å²) >= 11 is 0. The highest BCUT2D eigenvalue weighted by atomic mass is 32.2. The van der Waals surface area contributed by atoms with Crippen molar-refractivity contribution in [2.75, 3.05) is 0 Å². The first kappa shape index (κ1) is 24.7. The normalized spacial score (nSPS) is 23.9. The van der Waals surface area contributed by atoms with Gasteiger partial charge in [0.25, 0.3) is 0 Å². The van der Waals surface area contributed by atoms with E-state index in [-0.39, 0.29) is 24.7 Å². The van der Waals surface area contributed by atoms with Gasteiger partial charge in [-0.3, -0.25) is 0 Å². The molecule has 1 aromatic carbocycles. The number of hydrogen-bond acceptors (Lipinski definition) is 5. The molecule has 170 valence electrons. The lowest BCUT2D eigenvalue weighted by molar-refractivity contribution is -0.165. The van der Waals surface area contributed by atoms with Gasteiger partial charge >= 0.3 is 21.6 Å². The quantitative estimate of drug-likeness (QED) is 0.321. The van der Waals surface area contributed by atoms with E-state index in [4.69, 9.17) is 4.74 Å². The monoisotopic (exact) mass is 450 g/mol. The fourth-order valence-electron chi connectivity index (χ4n) is 3.83. The molecule has 30 heavy (non-hydrogen) atoms. The Bertz CT molecular complexity index is 793. The number of alkyl halides is 3. The molecular formula is C21H29F3O5S. The number of benzene rings is 1. The highest BCUT2D eigenvalue weighted by Gasteiger charge is 2.50. The van der Waals surface area contributed by atoms with Gasteiger partial charge in [-0.15, -0.1) is 0 Å². The van der Waals surface area contributed by atoms with Crippen LogP contribution < -0.4 is 0 Å². The number of aryl methyl sites for hydroxylation is 1. The van der Waals surface area contributed by atoms with E-state index in [1.165, 1.54) is 0 Å². The SMILES string of the molecule is CC1CCC(C(C)C)C(OC(=O)C(CCc2ccccc2)OS(=O)(=O)C(F)(F)F)C1. The Balaban J connectivity index is 2.17. The molecule has 9 heteroatoms. The number of carbonyl (C=O) groups is 1. The van der Waals surface area contributed by atoms with Gasteiger partial charge in [-0.05, 0) is 49.0 Å². The topological polar surface area (TPSA) is 69.7 Å². The molecule has 0 heterocycles. The Morgan fingerprint density at radius 3 is 2.37 bits per heavy atom. The molecule has 1 aliphatic carbocycles. The Labute approximate surface area is 176 Å². The van der Waals surface area contributed by atoms with Gasteiger partial charge in [-0.2, -0.15) is 21.6 Å². The maximum Gasteiger partial charge on any atom is 0.523 e. The molecule has 1 aromatic rings. The van der Waals surface area contributed by atoms with E-state index in [1.807, 2.05) is 20.8 Å². The maximum atomic E-state index is 12.8. The van der Waals surface area contributed by atoms with Gasteiger partial charge in [0.05, 0.1) is 0 Å². The maximum absolute atomic E-state index is 12.8. The van der Waals surface area contributed by atoms with Gasteiger partial charge in [-0.1, -0.05) is 57.5 Å². The first-order chi connectivity index (χ1) is 13.9. The summed E-state index contributed by atoms with van der Waals surface area (Å²) in [5.74, 6) is -0.471. The van der Waals surface area contributed by atoms with Crippen molar-refractivity contribution in [1.29, 1.82) is 0 Å². The number of esters is 1. The third-order valence-corrected chi connectivity index (χ3v) is 6.61. The number of ether oxygens (including phenoxy) is 1. The average Bonchev–Trinajstić information content (AvgIpc) is 2.64. The lowest BCUT2D eigenvalue weighted by Gasteiger charge is -2.37. The fraction of sp³-hybridized carbons (Fsp3) is 0.667. The van der Waals surface area contributed by atoms with Crippen molar-refractivity contribution in [3.05, 3.63) is 35.9 Å². The third-order valence-electron chi connectivity index (χ3n) is 5.56. The molecule has 0 aliphatic heterocycles. The summed E-state index contributed by atoms with van der Waals surface area (Å²) in [5.41, 5.74) is -4.87. The zero-order valence-electron chi connectivity index (χ0n) is 17.4. The van der Waals surface area contributed by atoms with E-state index in [0.29, 0.717) is 12.3 Å². The lowest BCUT2D eigenvalue weighted by atomic mass is 9.75. The van der Waals surface area contributed by atoms with Crippen LogP contribution in [0.4, 0.5) is 13.2 Å². The Morgan fingerprint density at radius 2 is 1.80 bits per heavy atom. The van der Waals surface area contributed by atoms with Crippen LogP contribution in [0.2, 0.25) is 0 Å². The standard InChI is InChI=1S/C21H29F3O5S/c1-14(2)17-11-9-15(3)13-19(17)28-20(25)18(29-30(26,27)21(22,23)24)12-10-16-7-5-4-6-8-16/h4-8,14-15,17-19H,9-13H2,1-3H3. The first-order valence-electron chi connectivity index (χ1n) is 10.1. The molecule has 1 aliphatic rings. The molecule has 1 fully saturated rings. The molecule has 0 bridgehead atoms.